The lowest BCUT2D eigenvalue weighted by Crippen LogP contribution is -2.66. The lowest BCUT2D eigenvalue weighted by atomic mass is 9.96. The van der Waals surface area contributed by atoms with Crippen molar-refractivity contribution in [2.45, 2.75) is 93.9 Å². The van der Waals surface area contributed by atoms with Crippen LogP contribution < -0.4 is 0 Å². The maximum absolute atomic E-state index is 14.1. The number of hydrogen-bond donors (Lipinski definition) is 0. The molecule has 14 nitrogen and oxygen atoms in total. The van der Waals surface area contributed by atoms with Crippen molar-refractivity contribution in [3.8, 4) is 6.07 Å². The van der Waals surface area contributed by atoms with E-state index >= 15 is 0 Å². The van der Waals surface area contributed by atoms with Crippen LogP contribution in [0.25, 0.3) is 0 Å². The van der Waals surface area contributed by atoms with Crippen molar-refractivity contribution < 1.29 is 61.7 Å². The van der Waals surface area contributed by atoms with Gasteiger partial charge < -0.3 is 52.1 Å². The van der Waals surface area contributed by atoms with Gasteiger partial charge in [0.15, 0.2) is 31.1 Å². The lowest BCUT2D eigenvalue weighted by Gasteiger charge is -2.49. The average Bonchev–Trinajstić information content (AvgIpc) is 3.43. The molecule has 0 aromatic heterocycles. The number of hydrogen-bond acceptors (Lipinski definition) is 14. The van der Waals surface area contributed by atoms with Crippen molar-refractivity contribution >= 4 is 11.9 Å². The lowest BCUT2D eigenvalue weighted by molar-refractivity contribution is -0.366. The van der Waals surface area contributed by atoms with Crippen LogP contribution in [0.4, 0.5) is 0 Å². The van der Waals surface area contributed by atoms with Crippen molar-refractivity contribution in [2.24, 2.45) is 0 Å². The van der Waals surface area contributed by atoms with Crippen LogP contribution >= 0.6 is 0 Å². The number of benzene rings is 6. The highest BCUT2D eigenvalue weighted by molar-refractivity contribution is 5.90. The predicted octanol–water partition coefficient (Wildman–Crippen LogP) is 8.16. The molecule has 0 bridgehead atoms. The Labute approximate surface area is 412 Å². The third-order valence-corrected chi connectivity index (χ3v) is 12.5. The second kappa shape index (κ2) is 24.5. The van der Waals surface area contributed by atoms with E-state index in [4.69, 9.17) is 52.1 Å². The van der Waals surface area contributed by atoms with Gasteiger partial charge in [0, 0.05) is 13.5 Å². The van der Waals surface area contributed by atoms with E-state index in [1.54, 1.807) is 72.8 Å². The van der Waals surface area contributed by atoms with Crippen LogP contribution in [0, 0.1) is 11.3 Å². The van der Waals surface area contributed by atoms with E-state index in [9.17, 15) is 14.9 Å². The largest absolute Gasteiger partial charge is 0.452 e. The summed E-state index contributed by atoms with van der Waals surface area (Å²) < 4.78 is 71.9. The van der Waals surface area contributed by atoms with Gasteiger partial charge in [-0.05, 0) is 52.6 Å². The molecule has 366 valence electrons. The topological polar surface area (TPSA) is 159 Å². The van der Waals surface area contributed by atoms with Gasteiger partial charge in [0.2, 0.25) is 0 Å². The summed E-state index contributed by atoms with van der Waals surface area (Å²) in [6.07, 6.45) is -10.9. The van der Waals surface area contributed by atoms with Crippen LogP contribution in [0.15, 0.2) is 176 Å². The molecule has 14 heteroatoms. The fraction of sp³-hybridized carbons (Fsp3) is 0.316. The fourth-order valence-electron chi connectivity index (χ4n) is 8.87. The molecule has 3 aliphatic heterocycles. The average molecular weight is 962 g/mol. The molecule has 3 fully saturated rings. The van der Waals surface area contributed by atoms with E-state index in [0.717, 1.165) is 16.7 Å². The van der Waals surface area contributed by atoms with E-state index in [0.29, 0.717) is 11.1 Å². The zero-order valence-corrected chi connectivity index (χ0v) is 39.1. The van der Waals surface area contributed by atoms with Crippen molar-refractivity contribution in [1.29, 1.82) is 5.26 Å². The number of fused-ring (bicyclic) bond motifs is 1. The Bertz CT molecular complexity index is 2640. The first kappa shape index (κ1) is 49.4. The zero-order chi connectivity index (χ0) is 48.8. The Kier molecular flexibility index (Phi) is 17.0. The van der Waals surface area contributed by atoms with Crippen LogP contribution in [-0.2, 0) is 78.3 Å². The number of rotatable bonds is 19. The normalized spacial score (nSPS) is 26.1. The molecule has 3 heterocycles. The van der Waals surface area contributed by atoms with Gasteiger partial charge in [-0.1, -0.05) is 146 Å². The number of carbonyl (C=O) groups excluding carboxylic acids is 2. The minimum absolute atomic E-state index is 0.0209. The van der Waals surface area contributed by atoms with Gasteiger partial charge >= 0.3 is 11.9 Å². The summed E-state index contributed by atoms with van der Waals surface area (Å²) in [5.41, 5.74) is 4.45. The summed E-state index contributed by atoms with van der Waals surface area (Å²) in [6, 6.07) is 55.6. The van der Waals surface area contributed by atoms with Gasteiger partial charge in [0.25, 0.3) is 0 Å². The monoisotopic (exact) mass is 961 g/mol. The van der Waals surface area contributed by atoms with Crippen molar-refractivity contribution in [3.05, 3.63) is 215 Å². The zero-order valence-electron chi connectivity index (χ0n) is 39.1. The van der Waals surface area contributed by atoms with Gasteiger partial charge in [-0.2, -0.15) is 5.26 Å². The number of ether oxygens (including phenoxy) is 11. The highest BCUT2D eigenvalue weighted by atomic mass is 16.8. The number of nitriles is 1. The fourth-order valence-corrected chi connectivity index (χ4v) is 8.87. The Morgan fingerprint density at radius 2 is 1.03 bits per heavy atom. The van der Waals surface area contributed by atoms with Crippen molar-refractivity contribution in [2.75, 3.05) is 20.3 Å². The number of carbonyl (C=O) groups is 2. The molecule has 71 heavy (non-hydrogen) atoms. The first-order valence-electron chi connectivity index (χ1n) is 23.6. The minimum atomic E-state index is -1.40. The standard InChI is InChI=1S/C57H55NO13/c1-61-56-52(65-35-40-23-11-4-12-24-40)50(64-34-39-21-9-3-10-22-39)48(63-33-38-19-7-2-8-20-38)45(67-56)37-66-57-53(71-55(60)42-27-15-6-16-28-42)51(70-54(59)41-25-13-5-14-26-41)49-46(68-57)36-62-47(69-49)31-43-29-17-18-30-44(43)32-58/h2-30,45-53,56-57H,31,33-37H2,1H3/t45-,46-,47+,48-,49+,50+,51+,52-,53-,56+,57-/m1/s1. The Morgan fingerprint density at radius 1 is 0.535 bits per heavy atom. The number of esters is 2. The minimum Gasteiger partial charge on any atom is -0.452 e. The molecule has 0 amide bonds. The smallest absolute Gasteiger partial charge is 0.338 e. The van der Waals surface area contributed by atoms with Crippen LogP contribution in [0.3, 0.4) is 0 Å². The number of methoxy groups -OCH3 is 1. The summed E-state index contributed by atoms with van der Waals surface area (Å²) in [5, 5.41) is 9.86. The first-order valence-corrected chi connectivity index (χ1v) is 23.6. The quantitative estimate of drug-likeness (QED) is 0.0716. The van der Waals surface area contributed by atoms with Gasteiger partial charge in [0.1, 0.15) is 36.6 Å². The summed E-state index contributed by atoms with van der Waals surface area (Å²) in [6.45, 7) is 0.403. The van der Waals surface area contributed by atoms with E-state index in [1.807, 2.05) is 103 Å². The molecule has 0 aliphatic carbocycles. The second-order valence-corrected chi connectivity index (χ2v) is 17.2. The van der Waals surface area contributed by atoms with Crippen LogP contribution in [0.2, 0.25) is 0 Å². The molecule has 0 N–H and O–H groups in total. The van der Waals surface area contributed by atoms with Crippen molar-refractivity contribution in [3.63, 3.8) is 0 Å². The third-order valence-electron chi connectivity index (χ3n) is 12.5. The molecule has 9 rings (SSSR count). The molecule has 6 aromatic carbocycles. The number of nitrogens with zero attached hydrogens (tertiary/aromatic N) is 1. The molecular formula is C57H55NO13. The van der Waals surface area contributed by atoms with E-state index in [1.165, 1.54) is 7.11 Å². The first-order chi connectivity index (χ1) is 34.9. The molecule has 3 aliphatic rings. The molecule has 3 saturated heterocycles. The summed E-state index contributed by atoms with van der Waals surface area (Å²) >= 11 is 0. The Balaban J connectivity index is 1.04. The molecule has 0 unspecified atom stereocenters. The highest BCUT2D eigenvalue weighted by Gasteiger charge is 2.55. The van der Waals surface area contributed by atoms with Gasteiger partial charge in [-0.3, -0.25) is 0 Å². The predicted molar refractivity (Wildman–Crippen MR) is 256 cm³/mol. The van der Waals surface area contributed by atoms with Gasteiger partial charge in [-0.25, -0.2) is 9.59 Å². The highest BCUT2D eigenvalue weighted by Crippen LogP contribution is 2.37. The Morgan fingerprint density at radius 3 is 1.58 bits per heavy atom. The van der Waals surface area contributed by atoms with Crippen LogP contribution in [0.1, 0.15) is 48.5 Å². The maximum Gasteiger partial charge on any atom is 0.338 e. The molecule has 0 radical (unpaired) electrons. The van der Waals surface area contributed by atoms with Gasteiger partial charge in [0.05, 0.1) is 55.8 Å². The molecule has 0 saturated carbocycles. The summed E-state index contributed by atoms with van der Waals surface area (Å²) in [4.78, 5) is 28.2. The van der Waals surface area contributed by atoms with E-state index in [-0.39, 0.29) is 50.6 Å². The molecular weight excluding hydrogens is 907 g/mol. The van der Waals surface area contributed by atoms with Crippen LogP contribution in [-0.4, -0.2) is 100.0 Å². The summed E-state index contributed by atoms with van der Waals surface area (Å²) in [7, 11) is 1.53. The second-order valence-electron chi connectivity index (χ2n) is 17.2. The van der Waals surface area contributed by atoms with Gasteiger partial charge in [-0.15, -0.1) is 0 Å². The molecule has 0 spiro atoms. The summed E-state index contributed by atoms with van der Waals surface area (Å²) in [5.74, 6) is -1.41. The van der Waals surface area contributed by atoms with E-state index in [2.05, 4.69) is 6.07 Å². The van der Waals surface area contributed by atoms with Crippen LogP contribution in [0.5, 0.6) is 0 Å². The van der Waals surface area contributed by atoms with E-state index < -0.39 is 79.6 Å². The van der Waals surface area contributed by atoms with Crippen molar-refractivity contribution in [1.82, 2.24) is 0 Å². The SMILES string of the molecule is CO[C@H]1O[C@H](CO[C@@H]2O[C@@H]3CO[C@H](Cc4ccccc4C#N)O[C@@H]3[C@H](OC(=O)c3ccccc3)[C@H]2OC(=O)c2ccccc2)[C@@H](OCc2ccccc2)[C@H](OCc2ccccc2)[C@H]1OCc1ccccc1. The molecule has 6 aromatic rings. The third kappa shape index (κ3) is 12.7. The maximum atomic E-state index is 14.1. The Hall–Kier alpha value is -6.61. The molecule has 11 atom stereocenters.